The van der Waals surface area contributed by atoms with Crippen LogP contribution in [0, 0.1) is 5.92 Å². The van der Waals surface area contributed by atoms with E-state index in [-0.39, 0.29) is 24.0 Å². The number of guanidine groups is 1. The molecule has 0 aromatic carbocycles. The topological polar surface area (TPSA) is 63.7 Å². The van der Waals surface area contributed by atoms with Crippen molar-refractivity contribution >= 4 is 41.5 Å². The third kappa shape index (κ3) is 5.86. The Kier molecular flexibility index (Phi) is 8.10. The molecule has 0 bridgehead atoms. The zero-order valence-electron chi connectivity index (χ0n) is 12.2. The minimum Gasteiger partial charge on any atom is -0.475 e. The van der Waals surface area contributed by atoms with Crippen LogP contribution in [-0.2, 0) is 0 Å². The Bertz CT molecular complexity index is 464. The highest BCUT2D eigenvalue weighted by Gasteiger charge is 2.16. The van der Waals surface area contributed by atoms with Crippen molar-refractivity contribution in [2.75, 3.05) is 26.2 Å². The molecule has 1 aromatic heterocycles. The molecule has 2 heterocycles. The van der Waals surface area contributed by atoms with E-state index in [2.05, 4.69) is 21.8 Å². The lowest BCUT2D eigenvalue weighted by atomic mass is 10.00. The Hall–Kier alpha value is -0.760. The van der Waals surface area contributed by atoms with Crippen LogP contribution >= 0.6 is 35.6 Å². The second-order valence-corrected chi connectivity index (χ2v) is 5.46. The van der Waals surface area contributed by atoms with Crippen LogP contribution in [0.3, 0.4) is 0 Å². The Balaban J connectivity index is 0.00000220. The van der Waals surface area contributed by atoms with Crippen molar-refractivity contribution in [1.29, 1.82) is 0 Å². The van der Waals surface area contributed by atoms with Crippen molar-refractivity contribution in [3.63, 3.8) is 0 Å². The van der Waals surface area contributed by atoms with Gasteiger partial charge < -0.3 is 15.4 Å². The molecule has 1 aliphatic rings. The standard InChI is InChI=1S/C14H21ClN4O.HI/c1-11-4-8-19(9-5-11)14(16)18-7-10-20-13-12(15)3-2-6-17-13;/h2-3,6,11H,4-5,7-10H2,1H3,(H2,16,18);1H. The average Bonchev–Trinajstić information content (AvgIpc) is 2.46. The number of piperidine rings is 1. The monoisotopic (exact) mass is 424 g/mol. The third-order valence-corrected chi connectivity index (χ3v) is 3.72. The lowest BCUT2D eigenvalue weighted by Gasteiger charge is -2.31. The molecule has 118 valence electrons. The summed E-state index contributed by atoms with van der Waals surface area (Å²) < 4.78 is 5.47. The second-order valence-electron chi connectivity index (χ2n) is 5.05. The summed E-state index contributed by atoms with van der Waals surface area (Å²) >= 11 is 5.94. The van der Waals surface area contributed by atoms with Gasteiger partial charge in [0, 0.05) is 19.3 Å². The van der Waals surface area contributed by atoms with Crippen molar-refractivity contribution in [3.05, 3.63) is 23.4 Å². The predicted octanol–water partition coefficient (Wildman–Crippen LogP) is 2.78. The Labute approximate surface area is 147 Å². The molecule has 0 spiro atoms. The van der Waals surface area contributed by atoms with Gasteiger partial charge in [-0.15, -0.1) is 24.0 Å². The van der Waals surface area contributed by atoms with Gasteiger partial charge in [0.1, 0.15) is 11.6 Å². The molecule has 0 atom stereocenters. The molecular formula is C14H22ClIN4O. The van der Waals surface area contributed by atoms with Crippen LogP contribution in [-0.4, -0.2) is 42.1 Å². The van der Waals surface area contributed by atoms with E-state index in [9.17, 15) is 0 Å². The van der Waals surface area contributed by atoms with Gasteiger partial charge in [0.2, 0.25) is 5.88 Å². The second kappa shape index (κ2) is 9.30. The molecule has 7 heteroatoms. The maximum absolute atomic E-state index is 5.98. The van der Waals surface area contributed by atoms with Crippen LogP contribution < -0.4 is 10.5 Å². The van der Waals surface area contributed by atoms with E-state index in [1.54, 1.807) is 18.3 Å². The highest BCUT2D eigenvalue weighted by Crippen LogP contribution is 2.19. The maximum Gasteiger partial charge on any atom is 0.232 e. The van der Waals surface area contributed by atoms with Crippen molar-refractivity contribution in [2.24, 2.45) is 16.6 Å². The number of hydrogen-bond acceptors (Lipinski definition) is 3. The van der Waals surface area contributed by atoms with Crippen molar-refractivity contribution in [1.82, 2.24) is 9.88 Å². The molecule has 0 radical (unpaired) electrons. The van der Waals surface area contributed by atoms with Crippen molar-refractivity contribution in [3.8, 4) is 5.88 Å². The number of nitrogens with two attached hydrogens (primary N) is 1. The van der Waals surface area contributed by atoms with Crippen LogP contribution in [0.5, 0.6) is 5.88 Å². The summed E-state index contributed by atoms with van der Waals surface area (Å²) in [6, 6.07) is 3.51. The lowest BCUT2D eigenvalue weighted by Crippen LogP contribution is -2.42. The number of rotatable bonds is 4. The first-order valence-corrected chi connectivity index (χ1v) is 7.33. The number of halogens is 2. The van der Waals surface area contributed by atoms with Gasteiger partial charge in [-0.2, -0.15) is 0 Å². The van der Waals surface area contributed by atoms with E-state index in [4.69, 9.17) is 22.1 Å². The zero-order chi connectivity index (χ0) is 14.4. The fraction of sp³-hybridized carbons (Fsp3) is 0.571. The first kappa shape index (κ1) is 18.3. The van der Waals surface area contributed by atoms with Gasteiger partial charge in [-0.1, -0.05) is 18.5 Å². The molecule has 0 aliphatic carbocycles. The molecule has 1 aromatic rings. The Morgan fingerprint density at radius 2 is 2.24 bits per heavy atom. The van der Waals surface area contributed by atoms with E-state index in [0.29, 0.717) is 30.0 Å². The molecule has 2 N–H and O–H groups in total. The Morgan fingerprint density at radius 3 is 2.90 bits per heavy atom. The number of nitrogens with zero attached hydrogens (tertiary/aromatic N) is 3. The van der Waals surface area contributed by atoms with Gasteiger partial charge in [-0.25, -0.2) is 9.98 Å². The van der Waals surface area contributed by atoms with Crippen LogP contribution in [0.1, 0.15) is 19.8 Å². The van der Waals surface area contributed by atoms with Gasteiger partial charge in [0.15, 0.2) is 5.96 Å². The normalized spacial score (nSPS) is 16.5. The summed E-state index contributed by atoms with van der Waals surface area (Å²) in [5.41, 5.74) is 5.98. The summed E-state index contributed by atoms with van der Waals surface area (Å²) in [7, 11) is 0. The van der Waals surface area contributed by atoms with Crippen LogP contribution in [0.15, 0.2) is 23.3 Å². The molecule has 21 heavy (non-hydrogen) atoms. The molecule has 1 fully saturated rings. The first-order chi connectivity index (χ1) is 9.66. The van der Waals surface area contributed by atoms with Crippen molar-refractivity contribution < 1.29 is 4.74 Å². The summed E-state index contributed by atoms with van der Waals surface area (Å²) in [6.45, 7) is 5.18. The summed E-state index contributed by atoms with van der Waals surface area (Å²) in [5, 5.41) is 0.509. The SMILES string of the molecule is CC1CCN(C(N)=NCCOc2ncccc2Cl)CC1.I. The average molecular weight is 425 g/mol. The van der Waals surface area contributed by atoms with E-state index >= 15 is 0 Å². The van der Waals surface area contributed by atoms with Gasteiger partial charge in [-0.05, 0) is 30.9 Å². The van der Waals surface area contributed by atoms with Crippen LogP contribution in [0.2, 0.25) is 5.02 Å². The molecule has 0 amide bonds. The largest absolute Gasteiger partial charge is 0.475 e. The highest BCUT2D eigenvalue weighted by atomic mass is 127. The van der Waals surface area contributed by atoms with Crippen molar-refractivity contribution in [2.45, 2.75) is 19.8 Å². The zero-order valence-corrected chi connectivity index (χ0v) is 15.3. The first-order valence-electron chi connectivity index (χ1n) is 6.95. The highest BCUT2D eigenvalue weighted by molar-refractivity contribution is 14.0. The minimum absolute atomic E-state index is 0. The number of ether oxygens (including phenoxy) is 1. The number of likely N-dealkylation sites (tertiary alicyclic amines) is 1. The summed E-state index contributed by atoms with van der Waals surface area (Å²) in [5.74, 6) is 1.83. The van der Waals surface area contributed by atoms with E-state index < -0.39 is 0 Å². The number of pyridine rings is 1. The van der Waals surface area contributed by atoms with Crippen LogP contribution in [0.4, 0.5) is 0 Å². The van der Waals surface area contributed by atoms with Gasteiger partial charge in [0.25, 0.3) is 0 Å². The van der Waals surface area contributed by atoms with E-state index in [0.717, 1.165) is 19.0 Å². The lowest BCUT2D eigenvalue weighted by molar-refractivity contribution is 0.275. The number of hydrogen-bond donors (Lipinski definition) is 1. The fourth-order valence-electron chi connectivity index (χ4n) is 2.12. The fourth-order valence-corrected chi connectivity index (χ4v) is 2.29. The van der Waals surface area contributed by atoms with Gasteiger partial charge in [-0.3, -0.25) is 0 Å². The molecule has 2 rings (SSSR count). The van der Waals surface area contributed by atoms with Gasteiger partial charge >= 0.3 is 0 Å². The molecule has 0 saturated carbocycles. The third-order valence-electron chi connectivity index (χ3n) is 3.44. The molecule has 1 aliphatic heterocycles. The number of aromatic nitrogens is 1. The Morgan fingerprint density at radius 1 is 1.52 bits per heavy atom. The van der Waals surface area contributed by atoms with E-state index in [1.165, 1.54) is 12.8 Å². The smallest absolute Gasteiger partial charge is 0.232 e. The molecular weight excluding hydrogens is 403 g/mol. The minimum atomic E-state index is 0. The molecule has 1 saturated heterocycles. The van der Waals surface area contributed by atoms with Crippen LogP contribution in [0.25, 0.3) is 0 Å². The predicted molar refractivity (Wildman–Crippen MR) is 96.6 cm³/mol. The summed E-state index contributed by atoms with van der Waals surface area (Å²) in [6.07, 6.45) is 4.00. The number of aliphatic imine (C=N–C) groups is 1. The maximum atomic E-state index is 5.98. The van der Waals surface area contributed by atoms with Gasteiger partial charge in [0.05, 0.1) is 6.54 Å². The quantitative estimate of drug-likeness (QED) is 0.349. The molecule has 5 nitrogen and oxygen atoms in total. The summed E-state index contributed by atoms with van der Waals surface area (Å²) in [4.78, 5) is 10.5. The van der Waals surface area contributed by atoms with E-state index in [1.807, 2.05) is 0 Å². The molecule has 0 unspecified atom stereocenters.